The third kappa shape index (κ3) is 3.73. The van der Waals surface area contributed by atoms with Gasteiger partial charge in [0.25, 0.3) is 0 Å². The minimum atomic E-state index is -0.250. The summed E-state index contributed by atoms with van der Waals surface area (Å²) in [5.41, 5.74) is 0.958. The predicted octanol–water partition coefficient (Wildman–Crippen LogP) is 2.14. The summed E-state index contributed by atoms with van der Waals surface area (Å²) in [6.45, 7) is 8.66. The molecule has 0 aromatic carbocycles. The maximum absolute atomic E-state index is 11.9. The van der Waals surface area contributed by atoms with Crippen molar-refractivity contribution in [3.8, 4) is 11.4 Å². The molecule has 0 radical (unpaired) electrons. The predicted molar refractivity (Wildman–Crippen MR) is 87.5 cm³/mol. The van der Waals surface area contributed by atoms with E-state index < -0.39 is 0 Å². The maximum atomic E-state index is 11.9. The van der Waals surface area contributed by atoms with Gasteiger partial charge in [-0.2, -0.15) is 0 Å². The third-order valence-corrected chi connectivity index (χ3v) is 4.12. The van der Waals surface area contributed by atoms with E-state index in [0.717, 1.165) is 23.1 Å². The Morgan fingerprint density at radius 1 is 1.45 bits per heavy atom. The van der Waals surface area contributed by atoms with Gasteiger partial charge >= 0.3 is 0 Å². The number of nitrogens with one attached hydrogen (secondary N) is 1. The van der Waals surface area contributed by atoms with Gasteiger partial charge in [0.05, 0.1) is 5.25 Å². The van der Waals surface area contributed by atoms with Crippen LogP contribution < -0.4 is 5.32 Å². The minimum absolute atomic E-state index is 0.0407. The Bertz CT molecular complexity index is 641. The van der Waals surface area contributed by atoms with Gasteiger partial charge < -0.3 is 9.88 Å². The molecule has 0 spiro atoms. The average Bonchev–Trinajstić information content (AvgIpc) is 2.95. The molecule has 0 fully saturated rings. The highest BCUT2D eigenvalue weighted by Crippen LogP contribution is 2.26. The van der Waals surface area contributed by atoms with Crippen molar-refractivity contribution in [3.05, 3.63) is 37.2 Å². The van der Waals surface area contributed by atoms with Crippen LogP contribution in [0.4, 0.5) is 0 Å². The smallest absolute Gasteiger partial charge is 0.233 e. The normalized spacial score (nSPS) is 11.9. The van der Waals surface area contributed by atoms with Gasteiger partial charge in [0.1, 0.15) is 0 Å². The number of aromatic nitrogens is 4. The Morgan fingerprint density at radius 2 is 2.18 bits per heavy atom. The molecule has 2 aromatic heterocycles. The second kappa shape index (κ2) is 7.74. The summed E-state index contributed by atoms with van der Waals surface area (Å²) in [7, 11) is 0. The summed E-state index contributed by atoms with van der Waals surface area (Å²) in [6, 6.07) is 3.79. The molecule has 0 unspecified atom stereocenters. The standard InChI is InChI=1S/C15H19N5OS/c1-4-8-17-14(21)11(3)22-15-19-18-13(20(15)5-2)12-6-9-16-10-7-12/h4,6-7,9-11H,1,5,8H2,2-3H3,(H,17,21)/t11-/m1/s1. The second-order valence-corrected chi connectivity index (χ2v) is 5.89. The molecule has 0 aliphatic carbocycles. The van der Waals surface area contributed by atoms with Crippen LogP contribution in [0.3, 0.4) is 0 Å². The molecular formula is C15H19N5OS. The molecule has 2 heterocycles. The lowest BCUT2D eigenvalue weighted by atomic mass is 10.2. The van der Waals surface area contributed by atoms with Crippen LogP contribution in [0.15, 0.2) is 42.3 Å². The number of hydrogen-bond donors (Lipinski definition) is 1. The summed E-state index contributed by atoms with van der Waals surface area (Å²) in [5.74, 6) is 0.743. The molecule has 6 nitrogen and oxygen atoms in total. The van der Waals surface area contributed by atoms with Crippen molar-refractivity contribution < 1.29 is 4.79 Å². The molecule has 7 heteroatoms. The number of rotatable bonds is 7. The number of thioether (sulfide) groups is 1. The third-order valence-electron chi connectivity index (χ3n) is 3.04. The van der Waals surface area contributed by atoms with Crippen LogP contribution in [-0.4, -0.2) is 37.5 Å². The van der Waals surface area contributed by atoms with Crippen molar-refractivity contribution in [2.75, 3.05) is 6.54 Å². The van der Waals surface area contributed by atoms with Gasteiger partial charge in [-0.05, 0) is 26.0 Å². The van der Waals surface area contributed by atoms with Crippen molar-refractivity contribution >= 4 is 17.7 Å². The zero-order chi connectivity index (χ0) is 15.9. The Kier molecular flexibility index (Phi) is 5.71. The van der Waals surface area contributed by atoms with Crippen molar-refractivity contribution in [3.63, 3.8) is 0 Å². The number of pyridine rings is 1. The molecule has 1 atom stereocenters. The van der Waals surface area contributed by atoms with Crippen LogP contribution in [0.5, 0.6) is 0 Å². The largest absolute Gasteiger partial charge is 0.352 e. The highest BCUT2D eigenvalue weighted by Gasteiger charge is 2.19. The number of nitrogens with zero attached hydrogens (tertiary/aromatic N) is 4. The van der Waals surface area contributed by atoms with E-state index in [9.17, 15) is 4.79 Å². The van der Waals surface area contributed by atoms with Crippen LogP contribution in [0.1, 0.15) is 13.8 Å². The fraction of sp³-hybridized carbons (Fsp3) is 0.333. The molecule has 0 saturated carbocycles. The van der Waals surface area contributed by atoms with Crippen molar-refractivity contribution in [1.29, 1.82) is 0 Å². The van der Waals surface area contributed by atoms with Crippen LogP contribution >= 0.6 is 11.8 Å². The lowest BCUT2D eigenvalue weighted by Gasteiger charge is -2.11. The number of hydrogen-bond acceptors (Lipinski definition) is 5. The average molecular weight is 317 g/mol. The van der Waals surface area contributed by atoms with Crippen LogP contribution in [0.25, 0.3) is 11.4 Å². The zero-order valence-corrected chi connectivity index (χ0v) is 13.5. The molecule has 0 saturated heterocycles. The quantitative estimate of drug-likeness (QED) is 0.626. The van der Waals surface area contributed by atoms with E-state index >= 15 is 0 Å². The maximum Gasteiger partial charge on any atom is 0.233 e. The van der Waals surface area contributed by atoms with Crippen molar-refractivity contribution in [2.45, 2.75) is 30.8 Å². The van der Waals surface area contributed by atoms with Gasteiger partial charge in [0, 0.05) is 31.0 Å². The summed E-state index contributed by atoms with van der Waals surface area (Å²) in [4.78, 5) is 15.9. The van der Waals surface area contributed by atoms with Gasteiger partial charge in [-0.15, -0.1) is 16.8 Å². The van der Waals surface area contributed by atoms with E-state index in [0.29, 0.717) is 6.54 Å². The Morgan fingerprint density at radius 3 is 2.82 bits per heavy atom. The van der Waals surface area contributed by atoms with Gasteiger partial charge in [0.2, 0.25) is 5.91 Å². The topological polar surface area (TPSA) is 72.7 Å². The van der Waals surface area contributed by atoms with Crippen LogP contribution in [0.2, 0.25) is 0 Å². The molecule has 116 valence electrons. The highest BCUT2D eigenvalue weighted by atomic mass is 32.2. The van der Waals surface area contributed by atoms with E-state index in [1.165, 1.54) is 11.8 Å². The fourth-order valence-electron chi connectivity index (χ4n) is 1.90. The molecule has 22 heavy (non-hydrogen) atoms. The van der Waals surface area contributed by atoms with Crippen molar-refractivity contribution in [1.82, 2.24) is 25.1 Å². The molecule has 0 bridgehead atoms. The van der Waals surface area contributed by atoms with E-state index in [1.54, 1.807) is 18.5 Å². The fourth-order valence-corrected chi connectivity index (χ4v) is 2.84. The highest BCUT2D eigenvalue weighted by molar-refractivity contribution is 8.00. The summed E-state index contributed by atoms with van der Waals surface area (Å²) in [6.07, 6.45) is 5.11. The molecule has 1 amide bonds. The van der Waals surface area contributed by atoms with E-state index in [4.69, 9.17) is 0 Å². The van der Waals surface area contributed by atoms with E-state index in [2.05, 4.69) is 27.1 Å². The molecule has 0 aliphatic heterocycles. The summed E-state index contributed by atoms with van der Waals surface area (Å²) < 4.78 is 2.00. The van der Waals surface area contributed by atoms with Crippen LogP contribution in [-0.2, 0) is 11.3 Å². The minimum Gasteiger partial charge on any atom is -0.352 e. The van der Waals surface area contributed by atoms with Gasteiger partial charge in [-0.3, -0.25) is 9.78 Å². The first-order valence-electron chi connectivity index (χ1n) is 7.06. The molecule has 0 aliphatic rings. The van der Waals surface area contributed by atoms with Gasteiger partial charge in [0.15, 0.2) is 11.0 Å². The first-order chi connectivity index (χ1) is 10.7. The second-order valence-electron chi connectivity index (χ2n) is 4.58. The zero-order valence-electron chi connectivity index (χ0n) is 12.7. The lowest BCUT2D eigenvalue weighted by Crippen LogP contribution is -2.31. The monoisotopic (exact) mass is 317 g/mol. The van der Waals surface area contributed by atoms with Gasteiger partial charge in [-0.1, -0.05) is 17.8 Å². The Balaban J connectivity index is 2.17. The molecule has 2 rings (SSSR count). The number of amides is 1. The molecule has 2 aromatic rings. The molecular weight excluding hydrogens is 298 g/mol. The lowest BCUT2D eigenvalue weighted by molar-refractivity contribution is -0.120. The first kappa shape index (κ1) is 16.2. The van der Waals surface area contributed by atoms with Crippen molar-refractivity contribution in [2.24, 2.45) is 0 Å². The first-order valence-corrected chi connectivity index (χ1v) is 7.94. The SMILES string of the molecule is C=CCNC(=O)[C@@H](C)Sc1nnc(-c2ccncc2)n1CC. The Labute approximate surface area is 134 Å². The van der Waals surface area contributed by atoms with Gasteiger partial charge in [-0.25, -0.2) is 0 Å². The Hall–Kier alpha value is -2.15. The number of carbonyl (C=O) groups is 1. The number of carbonyl (C=O) groups excluding carboxylic acids is 1. The summed E-state index contributed by atoms with van der Waals surface area (Å²) >= 11 is 1.40. The summed E-state index contributed by atoms with van der Waals surface area (Å²) in [5, 5.41) is 11.7. The molecule has 1 N–H and O–H groups in total. The van der Waals surface area contributed by atoms with Crippen LogP contribution in [0, 0.1) is 0 Å². The van der Waals surface area contributed by atoms with E-state index in [1.807, 2.05) is 30.5 Å². The van der Waals surface area contributed by atoms with E-state index in [-0.39, 0.29) is 11.2 Å².